The van der Waals surface area contributed by atoms with Gasteiger partial charge in [0.25, 0.3) is 0 Å². The second-order valence-corrected chi connectivity index (χ2v) is 5.44. The van der Waals surface area contributed by atoms with E-state index in [-0.39, 0.29) is 0 Å². The van der Waals surface area contributed by atoms with E-state index in [1.54, 1.807) is 0 Å². The van der Waals surface area contributed by atoms with Crippen molar-refractivity contribution in [1.29, 1.82) is 0 Å². The van der Waals surface area contributed by atoms with Crippen molar-refractivity contribution in [2.75, 3.05) is 6.54 Å². The third-order valence-electron chi connectivity index (χ3n) is 3.26. The van der Waals surface area contributed by atoms with E-state index in [1.165, 1.54) is 5.56 Å². The number of benzene rings is 1. The van der Waals surface area contributed by atoms with Gasteiger partial charge in [-0.25, -0.2) is 0 Å². The molecule has 2 aromatic rings. The third kappa shape index (κ3) is 4.95. The van der Waals surface area contributed by atoms with Crippen molar-refractivity contribution in [2.24, 2.45) is 0 Å². The van der Waals surface area contributed by atoms with Crippen molar-refractivity contribution in [1.82, 2.24) is 10.3 Å². The molecular formula is C17H21ClN2. The van der Waals surface area contributed by atoms with Gasteiger partial charge in [0.1, 0.15) is 0 Å². The molecule has 2 rings (SSSR count). The summed E-state index contributed by atoms with van der Waals surface area (Å²) in [6, 6.07) is 14.6. The molecule has 106 valence electrons. The summed E-state index contributed by atoms with van der Waals surface area (Å²) in [4.78, 5) is 4.42. The Morgan fingerprint density at radius 1 is 1.10 bits per heavy atom. The molecule has 0 aliphatic carbocycles. The van der Waals surface area contributed by atoms with Gasteiger partial charge in [-0.2, -0.15) is 0 Å². The van der Waals surface area contributed by atoms with Gasteiger partial charge >= 0.3 is 0 Å². The summed E-state index contributed by atoms with van der Waals surface area (Å²) in [7, 11) is 0. The Labute approximate surface area is 126 Å². The summed E-state index contributed by atoms with van der Waals surface area (Å²) >= 11 is 5.94. The van der Waals surface area contributed by atoms with Crippen molar-refractivity contribution in [3.63, 3.8) is 0 Å². The minimum absolute atomic E-state index is 0.408. The molecule has 20 heavy (non-hydrogen) atoms. The number of rotatable bonds is 7. The first-order valence-electron chi connectivity index (χ1n) is 7.15. The molecule has 0 fully saturated rings. The number of hydrogen-bond acceptors (Lipinski definition) is 2. The van der Waals surface area contributed by atoms with Gasteiger partial charge in [-0.05, 0) is 49.2 Å². The van der Waals surface area contributed by atoms with Crippen LogP contribution in [0.2, 0.25) is 5.02 Å². The highest BCUT2D eigenvalue weighted by Gasteiger charge is 2.10. The number of nitrogens with zero attached hydrogens (tertiary/aromatic N) is 1. The van der Waals surface area contributed by atoms with Gasteiger partial charge in [0.2, 0.25) is 0 Å². The number of halogens is 1. The molecule has 1 N–H and O–H groups in total. The summed E-state index contributed by atoms with van der Waals surface area (Å²) in [6.45, 7) is 3.22. The van der Waals surface area contributed by atoms with Gasteiger partial charge in [-0.15, -0.1) is 0 Å². The van der Waals surface area contributed by atoms with E-state index in [0.717, 1.165) is 36.5 Å². The fourth-order valence-corrected chi connectivity index (χ4v) is 2.37. The van der Waals surface area contributed by atoms with Gasteiger partial charge in [-0.3, -0.25) is 4.98 Å². The molecule has 0 radical (unpaired) electrons. The van der Waals surface area contributed by atoms with Crippen LogP contribution in [0.5, 0.6) is 0 Å². The Balaban J connectivity index is 2.01. The second-order valence-electron chi connectivity index (χ2n) is 5.01. The second kappa shape index (κ2) is 8.03. The van der Waals surface area contributed by atoms with Crippen molar-refractivity contribution in [2.45, 2.75) is 32.2 Å². The van der Waals surface area contributed by atoms with Gasteiger partial charge in [0.05, 0.1) is 0 Å². The van der Waals surface area contributed by atoms with Gasteiger partial charge in [0.15, 0.2) is 0 Å². The fourth-order valence-electron chi connectivity index (χ4n) is 2.24. The SMILES string of the molecule is CCCNC(Cc1ccc(Cl)cc1)Cc1ccccn1. The highest BCUT2D eigenvalue weighted by atomic mass is 35.5. The molecule has 0 aliphatic heterocycles. The van der Waals surface area contributed by atoms with E-state index in [2.05, 4.69) is 35.4 Å². The molecule has 0 amide bonds. The maximum atomic E-state index is 5.94. The number of hydrogen-bond donors (Lipinski definition) is 1. The lowest BCUT2D eigenvalue weighted by Gasteiger charge is -2.18. The highest BCUT2D eigenvalue weighted by Crippen LogP contribution is 2.12. The first kappa shape index (κ1) is 15.0. The lowest BCUT2D eigenvalue weighted by molar-refractivity contribution is 0.500. The van der Waals surface area contributed by atoms with Gasteiger partial charge in [0, 0.05) is 29.4 Å². The standard InChI is InChI=1S/C17H21ClN2/c1-2-10-19-17(13-16-5-3-4-11-20-16)12-14-6-8-15(18)9-7-14/h3-9,11,17,19H,2,10,12-13H2,1H3. The van der Waals surface area contributed by atoms with E-state index in [0.29, 0.717) is 6.04 Å². The Bertz CT molecular complexity index is 496. The van der Waals surface area contributed by atoms with Crippen LogP contribution in [0.3, 0.4) is 0 Å². The maximum absolute atomic E-state index is 5.94. The molecule has 1 aromatic carbocycles. The van der Waals surface area contributed by atoms with Crippen LogP contribution in [-0.2, 0) is 12.8 Å². The summed E-state index contributed by atoms with van der Waals surface area (Å²) in [5, 5.41) is 4.40. The molecular weight excluding hydrogens is 268 g/mol. The average Bonchev–Trinajstić information content (AvgIpc) is 2.48. The van der Waals surface area contributed by atoms with E-state index in [1.807, 2.05) is 30.5 Å². The molecule has 3 heteroatoms. The fraction of sp³-hybridized carbons (Fsp3) is 0.353. The van der Waals surface area contributed by atoms with Gasteiger partial charge in [-0.1, -0.05) is 36.7 Å². The van der Waals surface area contributed by atoms with Crippen LogP contribution >= 0.6 is 11.6 Å². The van der Waals surface area contributed by atoms with E-state index in [4.69, 9.17) is 11.6 Å². The molecule has 1 aromatic heterocycles. The van der Waals surface area contributed by atoms with Crippen LogP contribution in [0.1, 0.15) is 24.6 Å². The van der Waals surface area contributed by atoms with Crippen LogP contribution in [0.4, 0.5) is 0 Å². The Hall–Kier alpha value is -1.38. The van der Waals surface area contributed by atoms with E-state index >= 15 is 0 Å². The monoisotopic (exact) mass is 288 g/mol. The topological polar surface area (TPSA) is 24.9 Å². The summed E-state index contributed by atoms with van der Waals surface area (Å²) in [6.07, 6.45) is 4.94. The largest absolute Gasteiger partial charge is 0.313 e. The predicted octanol–water partition coefficient (Wildman–Crippen LogP) is 3.89. The molecule has 0 aliphatic rings. The van der Waals surface area contributed by atoms with Crippen LogP contribution in [0.15, 0.2) is 48.7 Å². The quantitative estimate of drug-likeness (QED) is 0.836. The predicted molar refractivity (Wildman–Crippen MR) is 85.2 cm³/mol. The Morgan fingerprint density at radius 3 is 2.55 bits per heavy atom. The highest BCUT2D eigenvalue weighted by molar-refractivity contribution is 6.30. The molecule has 0 saturated heterocycles. The molecule has 2 nitrogen and oxygen atoms in total. The molecule has 1 unspecified atom stereocenters. The van der Waals surface area contributed by atoms with Crippen LogP contribution < -0.4 is 5.32 Å². The Morgan fingerprint density at radius 2 is 1.90 bits per heavy atom. The van der Waals surface area contributed by atoms with Crippen molar-refractivity contribution >= 4 is 11.6 Å². The molecule has 0 spiro atoms. The summed E-state index contributed by atoms with van der Waals surface area (Å²) in [5.41, 5.74) is 2.44. The van der Waals surface area contributed by atoms with Crippen molar-refractivity contribution in [3.8, 4) is 0 Å². The first-order valence-corrected chi connectivity index (χ1v) is 7.53. The maximum Gasteiger partial charge on any atom is 0.0419 e. The van der Waals surface area contributed by atoms with E-state index < -0.39 is 0 Å². The first-order chi connectivity index (χ1) is 9.78. The minimum Gasteiger partial charge on any atom is -0.313 e. The summed E-state index contributed by atoms with van der Waals surface area (Å²) < 4.78 is 0. The number of nitrogens with one attached hydrogen (secondary N) is 1. The number of aromatic nitrogens is 1. The minimum atomic E-state index is 0.408. The zero-order valence-electron chi connectivity index (χ0n) is 11.8. The van der Waals surface area contributed by atoms with E-state index in [9.17, 15) is 0 Å². The lowest BCUT2D eigenvalue weighted by Crippen LogP contribution is -2.34. The molecule has 1 atom stereocenters. The lowest BCUT2D eigenvalue weighted by atomic mass is 10.0. The van der Waals surface area contributed by atoms with Gasteiger partial charge < -0.3 is 5.32 Å². The van der Waals surface area contributed by atoms with Crippen molar-refractivity contribution < 1.29 is 0 Å². The third-order valence-corrected chi connectivity index (χ3v) is 3.51. The summed E-state index contributed by atoms with van der Waals surface area (Å²) in [5.74, 6) is 0. The zero-order valence-corrected chi connectivity index (χ0v) is 12.6. The van der Waals surface area contributed by atoms with Crippen LogP contribution in [-0.4, -0.2) is 17.6 Å². The molecule has 1 heterocycles. The molecule has 0 saturated carbocycles. The van der Waals surface area contributed by atoms with Crippen LogP contribution in [0.25, 0.3) is 0 Å². The zero-order chi connectivity index (χ0) is 14.2. The van der Waals surface area contributed by atoms with Crippen molar-refractivity contribution in [3.05, 3.63) is 64.9 Å². The average molecular weight is 289 g/mol. The number of pyridine rings is 1. The molecule has 0 bridgehead atoms. The normalized spacial score (nSPS) is 12.3. The smallest absolute Gasteiger partial charge is 0.0419 e. The Kier molecular flexibility index (Phi) is 6.03. The van der Waals surface area contributed by atoms with Crippen LogP contribution in [0, 0.1) is 0 Å².